The zero-order valence-corrected chi connectivity index (χ0v) is 7.74. The van der Waals surface area contributed by atoms with Gasteiger partial charge in [-0.25, -0.2) is 4.39 Å². The summed E-state index contributed by atoms with van der Waals surface area (Å²) in [5.41, 5.74) is 0.483. The fourth-order valence-corrected chi connectivity index (χ4v) is 1.15. The Hall–Kier alpha value is -1.60. The van der Waals surface area contributed by atoms with E-state index >= 15 is 0 Å². The molecule has 1 atom stereocenters. The molecule has 1 aromatic carbocycles. The van der Waals surface area contributed by atoms with Gasteiger partial charge >= 0.3 is 0 Å². The largest absolute Gasteiger partial charge is 0.410 e. The van der Waals surface area contributed by atoms with Crippen LogP contribution in [0.1, 0.15) is 11.5 Å². The molecule has 3 nitrogen and oxygen atoms in total. The van der Waals surface area contributed by atoms with Gasteiger partial charge in [-0.3, -0.25) is 0 Å². The van der Waals surface area contributed by atoms with E-state index in [2.05, 4.69) is 5.16 Å². The van der Waals surface area contributed by atoms with Crippen LogP contribution in [0.15, 0.2) is 29.4 Å². The monoisotopic (exact) mass is 212 g/mol. The number of nitrogens with zero attached hydrogens (tertiary/aromatic N) is 2. The average Bonchev–Trinajstić information content (AvgIpc) is 2.21. The molecule has 0 spiro atoms. The van der Waals surface area contributed by atoms with Crippen molar-refractivity contribution in [1.82, 2.24) is 0 Å². The molecule has 1 aromatic rings. The van der Waals surface area contributed by atoms with Crippen LogP contribution in [0.2, 0.25) is 0 Å². The molecular formula is C9H6ClFN2O. The Morgan fingerprint density at radius 3 is 2.50 bits per heavy atom. The fraction of sp³-hybridized carbons (Fsp3) is 0.111. The average molecular weight is 213 g/mol. The molecule has 0 saturated carbocycles. The summed E-state index contributed by atoms with van der Waals surface area (Å²) >= 11 is 5.49. The third-order valence-corrected chi connectivity index (χ3v) is 1.96. The second-order valence-electron chi connectivity index (χ2n) is 2.54. The Labute approximate surface area is 85.0 Å². The van der Waals surface area contributed by atoms with Crippen molar-refractivity contribution in [2.75, 3.05) is 0 Å². The predicted molar refractivity (Wildman–Crippen MR) is 49.8 cm³/mol. The van der Waals surface area contributed by atoms with Crippen molar-refractivity contribution < 1.29 is 9.60 Å². The van der Waals surface area contributed by atoms with Gasteiger partial charge in [-0.2, -0.15) is 5.26 Å². The van der Waals surface area contributed by atoms with Crippen LogP contribution in [0.4, 0.5) is 4.39 Å². The minimum Gasteiger partial charge on any atom is -0.410 e. The van der Waals surface area contributed by atoms with Crippen molar-refractivity contribution >= 4 is 16.8 Å². The Bertz CT molecular complexity index is 383. The second kappa shape index (κ2) is 4.58. The summed E-state index contributed by atoms with van der Waals surface area (Å²) in [6.45, 7) is 0. The van der Waals surface area contributed by atoms with Gasteiger partial charge in [0.15, 0.2) is 5.17 Å². The number of nitriles is 1. The molecule has 14 heavy (non-hydrogen) atoms. The zero-order chi connectivity index (χ0) is 10.6. The molecule has 0 fully saturated rings. The number of oxime groups is 1. The van der Waals surface area contributed by atoms with Gasteiger partial charge in [-0.15, -0.1) is 0 Å². The Balaban J connectivity index is 3.03. The van der Waals surface area contributed by atoms with Crippen molar-refractivity contribution in [3.8, 4) is 6.07 Å². The molecular weight excluding hydrogens is 207 g/mol. The van der Waals surface area contributed by atoms with E-state index in [0.29, 0.717) is 5.56 Å². The lowest BCUT2D eigenvalue weighted by Crippen LogP contribution is -2.04. The minimum absolute atomic E-state index is 0.237. The molecule has 0 aliphatic rings. The van der Waals surface area contributed by atoms with Crippen molar-refractivity contribution in [2.24, 2.45) is 5.16 Å². The normalized spacial score (nSPS) is 13.4. The first kappa shape index (κ1) is 10.5. The second-order valence-corrected chi connectivity index (χ2v) is 2.92. The number of halogens is 2. The number of rotatable bonds is 2. The lowest BCUT2D eigenvalue weighted by atomic mass is 10.0. The van der Waals surface area contributed by atoms with Gasteiger partial charge in [0.1, 0.15) is 11.7 Å². The van der Waals surface area contributed by atoms with Crippen molar-refractivity contribution in [3.63, 3.8) is 0 Å². The van der Waals surface area contributed by atoms with Crippen LogP contribution in [-0.4, -0.2) is 10.4 Å². The molecule has 1 N–H and O–H groups in total. The molecule has 5 heteroatoms. The molecule has 72 valence electrons. The first-order valence-electron chi connectivity index (χ1n) is 3.71. The van der Waals surface area contributed by atoms with E-state index in [1.165, 1.54) is 24.3 Å². The lowest BCUT2D eigenvalue weighted by Gasteiger charge is -2.05. The van der Waals surface area contributed by atoms with Gasteiger partial charge in [0.2, 0.25) is 0 Å². The van der Waals surface area contributed by atoms with E-state index in [1.807, 2.05) is 6.07 Å². The summed E-state index contributed by atoms with van der Waals surface area (Å²) in [4.78, 5) is 0. The van der Waals surface area contributed by atoms with Crippen LogP contribution < -0.4 is 0 Å². The van der Waals surface area contributed by atoms with Crippen LogP contribution in [0, 0.1) is 17.1 Å². The molecule has 0 aromatic heterocycles. The van der Waals surface area contributed by atoms with Crippen LogP contribution in [0.25, 0.3) is 0 Å². The van der Waals surface area contributed by atoms with E-state index in [4.69, 9.17) is 22.1 Å². The van der Waals surface area contributed by atoms with Gasteiger partial charge in [-0.1, -0.05) is 28.9 Å². The molecule has 0 aliphatic heterocycles. The molecule has 0 heterocycles. The van der Waals surface area contributed by atoms with E-state index in [1.54, 1.807) is 0 Å². The van der Waals surface area contributed by atoms with Crippen molar-refractivity contribution in [3.05, 3.63) is 35.6 Å². The van der Waals surface area contributed by atoms with E-state index in [9.17, 15) is 4.39 Å². The fourth-order valence-electron chi connectivity index (χ4n) is 0.978. The predicted octanol–water partition coefficient (Wildman–Crippen LogP) is 2.46. The van der Waals surface area contributed by atoms with Crippen LogP contribution in [0.3, 0.4) is 0 Å². The molecule has 0 aliphatic carbocycles. The maximum absolute atomic E-state index is 12.5. The maximum atomic E-state index is 12.5. The highest BCUT2D eigenvalue weighted by Crippen LogP contribution is 2.19. The van der Waals surface area contributed by atoms with Crippen LogP contribution in [-0.2, 0) is 0 Å². The standard InChI is InChI=1S/C9H6ClFN2O/c10-9(13-14)8(5-12)6-1-3-7(11)4-2-6/h1-4,8,14H/b13-9-. The topological polar surface area (TPSA) is 56.4 Å². The van der Waals surface area contributed by atoms with Crippen molar-refractivity contribution in [1.29, 1.82) is 5.26 Å². The molecule has 0 saturated heterocycles. The lowest BCUT2D eigenvalue weighted by molar-refractivity contribution is 0.319. The summed E-state index contributed by atoms with van der Waals surface area (Å²) in [5, 5.41) is 19.6. The highest BCUT2D eigenvalue weighted by Gasteiger charge is 2.16. The van der Waals surface area contributed by atoms with Gasteiger partial charge in [0.05, 0.1) is 6.07 Å². The number of benzene rings is 1. The van der Waals surface area contributed by atoms with Crippen LogP contribution >= 0.6 is 11.6 Å². The highest BCUT2D eigenvalue weighted by molar-refractivity contribution is 6.66. The molecule has 0 amide bonds. The summed E-state index contributed by atoms with van der Waals surface area (Å²) in [5.74, 6) is -1.26. The summed E-state index contributed by atoms with van der Waals surface area (Å²) in [7, 11) is 0. The Morgan fingerprint density at radius 2 is 2.07 bits per heavy atom. The quantitative estimate of drug-likeness (QED) is 0.465. The van der Waals surface area contributed by atoms with Gasteiger partial charge < -0.3 is 5.21 Å². The summed E-state index contributed by atoms with van der Waals surface area (Å²) in [6, 6.07) is 7.09. The minimum atomic E-state index is -0.859. The van der Waals surface area contributed by atoms with E-state index in [-0.39, 0.29) is 5.17 Å². The Kier molecular flexibility index (Phi) is 3.43. The number of hydrogen-bond acceptors (Lipinski definition) is 3. The highest BCUT2D eigenvalue weighted by atomic mass is 35.5. The molecule has 1 unspecified atom stereocenters. The van der Waals surface area contributed by atoms with E-state index < -0.39 is 11.7 Å². The molecule has 0 bridgehead atoms. The van der Waals surface area contributed by atoms with Crippen molar-refractivity contribution in [2.45, 2.75) is 5.92 Å². The number of hydrogen-bond donors (Lipinski definition) is 1. The summed E-state index contributed by atoms with van der Waals surface area (Å²) in [6.07, 6.45) is 0. The van der Waals surface area contributed by atoms with Gasteiger partial charge in [0, 0.05) is 0 Å². The summed E-state index contributed by atoms with van der Waals surface area (Å²) < 4.78 is 12.5. The zero-order valence-electron chi connectivity index (χ0n) is 6.98. The van der Waals surface area contributed by atoms with Gasteiger partial charge in [0.25, 0.3) is 0 Å². The maximum Gasteiger partial charge on any atom is 0.166 e. The SMILES string of the molecule is N#CC(/C(Cl)=N/O)c1ccc(F)cc1. The first-order chi connectivity index (χ1) is 6.69. The van der Waals surface area contributed by atoms with Crippen LogP contribution in [0.5, 0.6) is 0 Å². The third kappa shape index (κ3) is 2.21. The molecule has 0 radical (unpaired) electrons. The van der Waals surface area contributed by atoms with E-state index in [0.717, 1.165) is 0 Å². The Morgan fingerprint density at radius 1 is 1.50 bits per heavy atom. The third-order valence-electron chi connectivity index (χ3n) is 1.67. The van der Waals surface area contributed by atoms with Gasteiger partial charge in [-0.05, 0) is 17.7 Å². The first-order valence-corrected chi connectivity index (χ1v) is 4.09. The smallest absolute Gasteiger partial charge is 0.166 e. The molecule has 1 rings (SSSR count).